The number of thiophene rings is 1. The zero-order valence-electron chi connectivity index (χ0n) is 13.5. The van der Waals surface area contributed by atoms with Crippen LogP contribution in [0.3, 0.4) is 0 Å². The number of benzene rings is 1. The average Bonchev–Trinajstić information content (AvgIpc) is 3.22. The molecule has 4 nitrogen and oxygen atoms in total. The first-order valence-corrected chi connectivity index (χ1v) is 8.37. The number of rotatable bonds is 5. The molecule has 1 aromatic carbocycles. The molecule has 122 valence electrons. The quantitative estimate of drug-likeness (QED) is 0.517. The SMILES string of the molecule is Cc1cc(C(=O)COC(=O)c2cccc(-n3cccc3)c2)c(C)s1. The number of esters is 1. The maximum Gasteiger partial charge on any atom is 0.338 e. The molecule has 5 heteroatoms. The molecule has 0 N–H and O–H groups in total. The molecule has 24 heavy (non-hydrogen) atoms. The third-order valence-electron chi connectivity index (χ3n) is 3.66. The number of aromatic nitrogens is 1. The minimum atomic E-state index is -0.498. The lowest BCUT2D eigenvalue weighted by Crippen LogP contribution is -2.14. The predicted octanol–water partition coefficient (Wildman–Crippen LogP) is 4.20. The Morgan fingerprint density at radius 3 is 2.50 bits per heavy atom. The fourth-order valence-electron chi connectivity index (χ4n) is 2.50. The third kappa shape index (κ3) is 3.46. The Morgan fingerprint density at radius 2 is 1.83 bits per heavy atom. The third-order valence-corrected chi connectivity index (χ3v) is 4.63. The van der Waals surface area contributed by atoms with Gasteiger partial charge in [-0.3, -0.25) is 4.79 Å². The Hall–Kier alpha value is -2.66. The molecule has 3 rings (SSSR count). The smallest absolute Gasteiger partial charge is 0.338 e. The fourth-order valence-corrected chi connectivity index (χ4v) is 3.44. The molecular formula is C19H17NO3S. The second-order valence-corrected chi connectivity index (χ2v) is 6.93. The number of Topliss-reactive ketones (excluding diaryl/α,β-unsaturated/α-hetero) is 1. The molecule has 0 aliphatic carbocycles. The molecule has 0 fully saturated rings. The largest absolute Gasteiger partial charge is 0.454 e. The lowest BCUT2D eigenvalue weighted by molar-refractivity contribution is 0.0474. The maximum atomic E-state index is 12.2. The van der Waals surface area contributed by atoms with Crippen LogP contribution < -0.4 is 0 Å². The van der Waals surface area contributed by atoms with Gasteiger partial charge in [0.05, 0.1) is 5.56 Å². The summed E-state index contributed by atoms with van der Waals surface area (Å²) in [5, 5.41) is 0. The van der Waals surface area contributed by atoms with E-state index >= 15 is 0 Å². The van der Waals surface area contributed by atoms with Crippen LogP contribution in [-0.4, -0.2) is 22.9 Å². The highest BCUT2D eigenvalue weighted by molar-refractivity contribution is 7.12. The molecule has 2 aromatic heterocycles. The van der Waals surface area contributed by atoms with E-state index in [-0.39, 0.29) is 12.4 Å². The van der Waals surface area contributed by atoms with E-state index in [9.17, 15) is 9.59 Å². The molecule has 0 aliphatic heterocycles. The molecule has 0 radical (unpaired) electrons. The van der Waals surface area contributed by atoms with Crippen molar-refractivity contribution in [1.29, 1.82) is 0 Å². The zero-order chi connectivity index (χ0) is 17.1. The summed E-state index contributed by atoms with van der Waals surface area (Å²) in [7, 11) is 0. The standard InChI is InChI=1S/C19H17NO3S/c1-13-10-17(14(2)24-13)18(21)12-23-19(22)15-6-5-7-16(11-15)20-8-3-4-9-20/h3-11H,12H2,1-2H3. The highest BCUT2D eigenvalue weighted by Gasteiger charge is 2.15. The van der Waals surface area contributed by atoms with Crippen molar-refractivity contribution in [2.75, 3.05) is 6.61 Å². The van der Waals surface area contributed by atoms with Gasteiger partial charge in [-0.2, -0.15) is 0 Å². The monoisotopic (exact) mass is 339 g/mol. The van der Waals surface area contributed by atoms with Crippen LogP contribution in [0.25, 0.3) is 5.69 Å². The summed E-state index contributed by atoms with van der Waals surface area (Å²) in [6.07, 6.45) is 3.80. The highest BCUT2D eigenvalue weighted by atomic mass is 32.1. The van der Waals surface area contributed by atoms with Crippen molar-refractivity contribution in [2.45, 2.75) is 13.8 Å². The molecule has 0 saturated carbocycles. The second-order valence-electron chi connectivity index (χ2n) is 5.47. The first kappa shape index (κ1) is 16.2. The van der Waals surface area contributed by atoms with Crippen LogP contribution in [-0.2, 0) is 4.74 Å². The lowest BCUT2D eigenvalue weighted by Gasteiger charge is -2.07. The molecule has 0 bridgehead atoms. The maximum absolute atomic E-state index is 12.2. The number of hydrogen-bond donors (Lipinski definition) is 0. The van der Waals surface area contributed by atoms with E-state index in [0.717, 1.165) is 15.4 Å². The van der Waals surface area contributed by atoms with Crippen molar-refractivity contribution >= 4 is 23.1 Å². The van der Waals surface area contributed by atoms with Crippen molar-refractivity contribution < 1.29 is 14.3 Å². The molecule has 2 heterocycles. The van der Waals surface area contributed by atoms with E-state index < -0.39 is 5.97 Å². The van der Waals surface area contributed by atoms with Gasteiger partial charge in [-0.1, -0.05) is 6.07 Å². The first-order valence-electron chi connectivity index (χ1n) is 7.55. The summed E-state index contributed by atoms with van der Waals surface area (Å²) in [4.78, 5) is 26.4. The van der Waals surface area contributed by atoms with Crippen molar-refractivity contribution in [3.63, 3.8) is 0 Å². The minimum Gasteiger partial charge on any atom is -0.454 e. The van der Waals surface area contributed by atoms with Gasteiger partial charge in [0.1, 0.15) is 0 Å². The summed E-state index contributed by atoms with van der Waals surface area (Å²) in [6, 6.07) is 12.8. The number of aryl methyl sites for hydroxylation is 2. The van der Waals surface area contributed by atoms with Crippen LogP contribution in [0.4, 0.5) is 0 Å². The number of ether oxygens (including phenoxy) is 1. The van der Waals surface area contributed by atoms with Gasteiger partial charge in [0, 0.05) is 33.4 Å². The number of nitrogens with zero attached hydrogens (tertiary/aromatic N) is 1. The normalized spacial score (nSPS) is 10.6. The second kappa shape index (κ2) is 6.84. The predicted molar refractivity (Wildman–Crippen MR) is 94.2 cm³/mol. The molecule has 0 saturated heterocycles. The number of carbonyl (C=O) groups is 2. The number of ketones is 1. The summed E-state index contributed by atoms with van der Waals surface area (Å²) < 4.78 is 7.09. The Morgan fingerprint density at radius 1 is 1.08 bits per heavy atom. The van der Waals surface area contributed by atoms with E-state index in [1.807, 2.05) is 55.1 Å². The van der Waals surface area contributed by atoms with Crippen molar-refractivity contribution in [3.05, 3.63) is 75.7 Å². The topological polar surface area (TPSA) is 48.3 Å². The average molecular weight is 339 g/mol. The molecule has 3 aromatic rings. The van der Waals surface area contributed by atoms with Crippen molar-refractivity contribution in [2.24, 2.45) is 0 Å². The molecule has 0 unspecified atom stereocenters. The fraction of sp³-hybridized carbons (Fsp3) is 0.158. The van der Waals surface area contributed by atoms with Crippen LogP contribution in [0.15, 0.2) is 54.9 Å². The molecule has 0 amide bonds. The number of hydrogen-bond acceptors (Lipinski definition) is 4. The first-order chi connectivity index (χ1) is 11.5. The van der Waals surface area contributed by atoms with E-state index in [1.165, 1.54) is 0 Å². The van der Waals surface area contributed by atoms with E-state index in [2.05, 4.69) is 0 Å². The molecule has 0 aliphatic rings. The van der Waals surface area contributed by atoms with Gasteiger partial charge >= 0.3 is 5.97 Å². The van der Waals surface area contributed by atoms with Gasteiger partial charge in [-0.25, -0.2) is 4.79 Å². The van der Waals surface area contributed by atoms with Crippen LogP contribution in [0.2, 0.25) is 0 Å². The van der Waals surface area contributed by atoms with Gasteiger partial charge in [0.15, 0.2) is 6.61 Å². The van der Waals surface area contributed by atoms with Gasteiger partial charge in [0.2, 0.25) is 5.78 Å². The van der Waals surface area contributed by atoms with Gasteiger partial charge in [-0.15, -0.1) is 11.3 Å². The van der Waals surface area contributed by atoms with Crippen LogP contribution in [0, 0.1) is 13.8 Å². The van der Waals surface area contributed by atoms with Gasteiger partial charge in [-0.05, 0) is 50.2 Å². The lowest BCUT2D eigenvalue weighted by atomic mass is 10.1. The molecule has 0 atom stereocenters. The van der Waals surface area contributed by atoms with Crippen LogP contribution in [0.5, 0.6) is 0 Å². The zero-order valence-corrected chi connectivity index (χ0v) is 14.3. The minimum absolute atomic E-state index is 0.174. The summed E-state index contributed by atoms with van der Waals surface area (Å²) >= 11 is 1.56. The summed E-state index contributed by atoms with van der Waals surface area (Å²) in [5.74, 6) is -0.672. The summed E-state index contributed by atoms with van der Waals surface area (Å²) in [5.41, 5.74) is 1.92. The Bertz CT molecular complexity index is 878. The Balaban J connectivity index is 1.68. The van der Waals surface area contributed by atoms with Gasteiger partial charge < -0.3 is 9.30 Å². The van der Waals surface area contributed by atoms with Crippen LogP contribution >= 0.6 is 11.3 Å². The van der Waals surface area contributed by atoms with Gasteiger partial charge in [0.25, 0.3) is 0 Å². The van der Waals surface area contributed by atoms with E-state index in [4.69, 9.17) is 4.74 Å². The van der Waals surface area contributed by atoms with Crippen LogP contribution in [0.1, 0.15) is 30.5 Å². The Kier molecular flexibility index (Phi) is 4.62. The molecule has 0 spiro atoms. The molecular weight excluding hydrogens is 322 g/mol. The number of carbonyl (C=O) groups excluding carboxylic acids is 2. The van der Waals surface area contributed by atoms with E-state index in [0.29, 0.717) is 11.1 Å². The van der Waals surface area contributed by atoms with Crippen molar-refractivity contribution in [3.8, 4) is 5.69 Å². The summed E-state index contributed by atoms with van der Waals surface area (Å²) in [6.45, 7) is 3.60. The van der Waals surface area contributed by atoms with E-state index in [1.54, 1.807) is 29.5 Å². The Labute approximate surface area is 144 Å². The van der Waals surface area contributed by atoms with Crippen molar-refractivity contribution in [1.82, 2.24) is 4.57 Å². The highest BCUT2D eigenvalue weighted by Crippen LogP contribution is 2.21.